The van der Waals surface area contributed by atoms with Crippen molar-refractivity contribution in [3.05, 3.63) is 40.3 Å². The fourth-order valence-corrected chi connectivity index (χ4v) is 2.42. The van der Waals surface area contributed by atoms with Crippen LogP contribution in [0.5, 0.6) is 0 Å². The molecule has 0 spiro atoms. The Kier molecular flexibility index (Phi) is 5.35. The van der Waals surface area contributed by atoms with Crippen LogP contribution in [0, 0.1) is 5.92 Å². The van der Waals surface area contributed by atoms with Crippen LogP contribution < -0.4 is 16.6 Å². The summed E-state index contributed by atoms with van der Waals surface area (Å²) in [5.41, 5.74) is 6.40. The van der Waals surface area contributed by atoms with Gasteiger partial charge in [0.2, 0.25) is 0 Å². The highest BCUT2D eigenvalue weighted by Gasteiger charge is 2.03. The summed E-state index contributed by atoms with van der Waals surface area (Å²) in [6, 6.07) is 5.16. The number of hydrogen-bond acceptors (Lipinski definition) is 6. The summed E-state index contributed by atoms with van der Waals surface area (Å²) in [6.45, 7) is 6.11. The first-order chi connectivity index (χ1) is 10.0. The zero-order valence-electron chi connectivity index (χ0n) is 12.1. The molecular formula is C14H19N5OS. The Balaban J connectivity index is 1.97. The molecule has 7 heteroatoms. The average molecular weight is 305 g/mol. The maximum atomic E-state index is 11.3. The van der Waals surface area contributed by atoms with Crippen molar-refractivity contribution in [3.63, 3.8) is 0 Å². The Morgan fingerprint density at radius 3 is 2.86 bits per heavy atom. The molecule has 0 radical (unpaired) electrons. The molecular weight excluding hydrogens is 286 g/mol. The quantitative estimate of drug-likeness (QED) is 0.702. The minimum atomic E-state index is -0.264. The van der Waals surface area contributed by atoms with E-state index < -0.39 is 0 Å². The maximum Gasteiger partial charge on any atom is 0.253 e. The first-order valence-corrected chi connectivity index (χ1v) is 7.55. The molecule has 0 aliphatic heterocycles. The molecule has 0 aliphatic carbocycles. The number of rotatable bonds is 6. The summed E-state index contributed by atoms with van der Waals surface area (Å²) in [7, 11) is 0. The standard InChI is InChI=1S/C14H19N5OS/c1-9(2)6-16-7-10-3-4-13(17-8-10)21-14-18-11(15)5-12(20)19-14/h3-5,8-9,16H,6-7H2,1-2H3,(H3,15,18,19,20). The van der Waals surface area contributed by atoms with Crippen molar-refractivity contribution in [2.24, 2.45) is 5.92 Å². The van der Waals surface area contributed by atoms with E-state index >= 15 is 0 Å². The van der Waals surface area contributed by atoms with Gasteiger partial charge in [-0.2, -0.15) is 0 Å². The summed E-state index contributed by atoms with van der Waals surface area (Å²) in [5.74, 6) is 0.829. The second-order valence-electron chi connectivity index (χ2n) is 5.11. The Hall–Kier alpha value is -1.86. The molecule has 2 rings (SSSR count). The number of H-pyrrole nitrogens is 1. The van der Waals surface area contributed by atoms with Gasteiger partial charge in [0, 0.05) is 18.8 Å². The molecule has 0 bridgehead atoms. The lowest BCUT2D eigenvalue weighted by molar-refractivity contribution is 0.551. The van der Waals surface area contributed by atoms with E-state index in [4.69, 9.17) is 5.73 Å². The van der Waals surface area contributed by atoms with E-state index in [1.807, 2.05) is 18.3 Å². The Bertz CT molecular complexity index is 639. The Morgan fingerprint density at radius 1 is 1.43 bits per heavy atom. The van der Waals surface area contributed by atoms with Gasteiger partial charge in [-0.25, -0.2) is 9.97 Å². The summed E-state index contributed by atoms with van der Waals surface area (Å²) in [6.07, 6.45) is 1.82. The van der Waals surface area contributed by atoms with Crippen molar-refractivity contribution in [1.29, 1.82) is 0 Å². The number of aromatic nitrogens is 3. The van der Waals surface area contributed by atoms with E-state index in [0.29, 0.717) is 11.1 Å². The van der Waals surface area contributed by atoms with Gasteiger partial charge in [0.15, 0.2) is 5.16 Å². The monoisotopic (exact) mass is 305 g/mol. The SMILES string of the molecule is CC(C)CNCc1ccc(Sc2nc(N)cc(=O)[nH]2)nc1. The molecule has 112 valence electrons. The lowest BCUT2D eigenvalue weighted by Gasteiger charge is -2.07. The van der Waals surface area contributed by atoms with Crippen LogP contribution in [0.15, 0.2) is 39.4 Å². The van der Waals surface area contributed by atoms with Crippen molar-refractivity contribution < 1.29 is 0 Å². The largest absolute Gasteiger partial charge is 0.383 e. The van der Waals surface area contributed by atoms with Crippen LogP contribution in [0.1, 0.15) is 19.4 Å². The smallest absolute Gasteiger partial charge is 0.253 e. The number of hydrogen-bond donors (Lipinski definition) is 3. The van der Waals surface area contributed by atoms with Gasteiger partial charge in [0.05, 0.1) is 0 Å². The van der Waals surface area contributed by atoms with Crippen LogP contribution in [0.2, 0.25) is 0 Å². The summed E-state index contributed by atoms with van der Waals surface area (Å²) >= 11 is 1.28. The summed E-state index contributed by atoms with van der Waals surface area (Å²) < 4.78 is 0. The van der Waals surface area contributed by atoms with Crippen LogP contribution in [-0.4, -0.2) is 21.5 Å². The Morgan fingerprint density at radius 2 is 2.24 bits per heavy atom. The maximum absolute atomic E-state index is 11.3. The molecule has 2 aromatic heterocycles. The number of nitrogens with two attached hydrogens (primary N) is 1. The molecule has 0 atom stereocenters. The van der Waals surface area contributed by atoms with Crippen molar-refractivity contribution in [3.8, 4) is 0 Å². The van der Waals surface area contributed by atoms with E-state index in [-0.39, 0.29) is 11.4 Å². The van der Waals surface area contributed by atoms with Gasteiger partial charge < -0.3 is 16.0 Å². The third-order valence-corrected chi connectivity index (χ3v) is 3.46. The fourth-order valence-electron chi connectivity index (χ4n) is 1.68. The zero-order chi connectivity index (χ0) is 15.2. The van der Waals surface area contributed by atoms with E-state index in [9.17, 15) is 4.79 Å². The van der Waals surface area contributed by atoms with Gasteiger partial charge in [0.1, 0.15) is 10.8 Å². The first-order valence-electron chi connectivity index (χ1n) is 6.73. The number of nitrogen functional groups attached to an aromatic ring is 1. The van der Waals surface area contributed by atoms with Crippen LogP contribution >= 0.6 is 11.8 Å². The minimum absolute atomic E-state index is 0.204. The minimum Gasteiger partial charge on any atom is -0.383 e. The predicted octanol–water partition coefficient (Wildman–Crippen LogP) is 1.64. The van der Waals surface area contributed by atoms with Crippen LogP contribution in [0.4, 0.5) is 5.82 Å². The molecule has 0 amide bonds. The van der Waals surface area contributed by atoms with Gasteiger partial charge in [0.25, 0.3) is 5.56 Å². The van der Waals surface area contributed by atoms with Crippen molar-refractivity contribution in [1.82, 2.24) is 20.3 Å². The first kappa shape index (κ1) is 15.5. The third-order valence-electron chi connectivity index (χ3n) is 2.62. The molecule has 0 unspecified atom stereocenters. The average Bonchev–Trinajstić information content (AvgIpc) is 2.39. The van der Waals surface area contributed by atoms with Gasteiger partial charge in [-0.3, -0.25) is 4.79 Å². The van der Waals surface area contributed by atoms with E-state index in [0.717, 1.165) is 23.7 Å². The molecule has 0 aromatic carbocycles. The molecule has 6 nitrogen and oxygen atoms in total. The molecule has 2 aromatic rings. The normalized spacial score (nSPS) is 11.0. The molecule has 0 saturated heterocycles. The lowest BCUT2D eigenvalue weighted by Crippen LogP contribution is -2.18. The Labute approximate surface area is 127 Å². The highest BCUT2D eigenvalue weighted by molar-refractivity contribution is 7.99. The molecule has 0 saturated carbocycles. The van der Waals surface area contributed by atoms with Gasteiger partial charge in [-0.15, -0.1) is 0 Å². The summed E-state index contributed by atoms with van der Waals surface area (Å²) in [4.78, 5) is 22.3. The zero-order valence-corrected chi connectivity index (χ0v) is 12.9. The molecule has 0 aliphatic rings. The van der Waals surface area contributed by atoms with Crippen LogP contribution in [-0.2, 0) is 6.54 Å². The second kappa shape index (κ2) is 7.24. The highest BCUT2D eigenvalue weighted by Crippen LogP contribution is 2.21. The van der Waals surface area contributed by atoms with Gasteiger partial charge in [-0.1, -0.05) is 19.9 Å². The highest BCUT2D eigenvalue weighted by atomic mass is 32.2. The van der Waals surface area contributed by atoms with E-state index in [2.05, 4.69) is 34.1 Å². The fraction of sp³-hybridized carbons (Fsp3) is 0.357. The molecule has 2 heterocycles. The predicted molar refractivity (Wildman–Crippen MR) is 84.2 cm³/mol. The number of nitrogens with one attached hydrogen (secondary N) is 2. The number of nitrogens with zero attached hydrogens (tertiary/aromatic N) is 2. The van der Waals surface area contributed by atoms with E-state index in [1.165, 1.54) is 17.8 Å². The molecule has 21 heavy (non-hydrogen) atoms. The number of anilines is 1. The molecule has 4 N–H and O–H groups in total. The lowest BCUT2D eigenvalue weighted by atomic mass is 10.2. The number of pyridine rings is 1. The van der Waals surface area contributed by atoms with E-state index in [1.54, 1.807) is 0 Å². The summed E-state index contributed by atoms with van der Waals surface area (Å²) in [5, 5.41) is 4.57. The van der Waals surface area contributed by atoms with Crippen molar-refractivity contribution >= 4 is 17.6 Å². The van der Waals surface area contributed by atoms with Crippen LogP contribution in [0.25, 0.3) is 0 Å². The van der Waals surface area contributed by atoms with Gasteiger partial charge >= 0.3 is 0 Å². The van der Waals surface area contributed by atoms with Gasteiger partial charge in [-0.05, 0) is 35.9 Å². The second-order valence-corrected chi connectivity index (χ2v) is 6.12. The molecule has 0 fully saturated rings. The topological polar surface area (TPSA) is 96.7 Å². The number of aromatic amines is 1. The van der Waals surface area contributed by atoms with Crippen molar-refractivity contribution in [2.75, 3.05) is 12.3 Å². The van der Waals surface area contributed by atoms with Crippen LogP contribution in [0.3, 0.4) is 0 Å². The van der Waals surface area contributed by atoms with Crippen molar-refractivity contribution in [2.45, 2.75) is 30.6 Å². The third kappa shape index (κ3) is 5.20.